The fourth-order valence-electron chi connectivity index (χ4n) is 2.55. The zero-order chi connectivity index (χ0) is 12.1. The van der Waals surface area contributed by atoms with Crippen LogP contribution in [0.2, 0.25) is 0 Å². The monoisotopic (exact) mass is 252 g/mol. The largest absolute Gasteiger partial charge is 0.337 e. The standard InChI is InChI=1S/C13H20N2OS/c1-2-4-11-5-3-7-15(8-6-11)13(16)12-9-17-10-14-12/h9-11H,2-8H2,1H3. The Hall–Kier alpha value is -0.900. The second-order valence-corrected chi connectivity index (χ2v) is 5.47. The van der Waals surface area contributed by atoms with Gasteiger partial charge in [0.15, 0.2) is 0 Å². The van der Waals surface area contributed by atoms with Gasteiger partial charge in [-0.15, -0.1) is 11.3 Å². The SMILES string of the molecule is CCCC1CCCN(C(=O)c2cscn2)CC1. The molecule has 17 heavy (non-hydrogen) atoms. The molecule has 4 heteroatoms. The Morgan fingerprint density at radius 2 is 2.41 bits per heavy atom. The maximum atomic E-state index is 12.1. The molecule has 0 saturated carbocycles. The Kier molecular flexibility index (Phi) is 4.54. The van der Waals surface area contributed by atoms with E-state index >= 15 is 0 Å². The van der Waals surface area contributed by atoms with E-state index < -0.39 is 0 Å². The Bertz CT molecular complexity index is 350. The molecule has 0 aromatic carbocycles. The van der Waals surface area contributed by atoms with Crippen molar-refractivity contribution in [3.05, 3.63) is 16.6 Å². The fourth-order valence-corrected chi connectivity index (χ4v) is 3.07. The first-order valence-electron chi connectivity index (χ1n) is 6.48. The molecule has 0 bridgehead atoms. The minimum absolute atomic E-state index is 0.114. The molecule has 3 nitrogen and oxygen atoms in total. The quantitative estimate of drug-likeness (QED) is 0.827. The molecule has 1 amide bonds. The van der Waals surface area contributed by atoms with Crippen LogP contribution in [0.4, 0.5) is 0 Å². The molecule has 1 aromatic rings. The van der Waals surface area contributed by atoms with Crippen LogP contribution in [0.1, 0.15) is 49.5 Å². The van der Waals surface area contributed by atoms with Crippen molar-refractivity contribution in [2.45, 2.75) is 39.0 Å². The van der Waals surface area contributed by atoms with Gasteiger partial charge in [-0.1, -0.05) is 19.8 Å². The summed E-state index contributed by atoms with van der Waals surface area (Å²) in [5.74, 6) is 0.927. The van der Waals surface area contributed by atoms with Crippen LogP contribution in [0.3, 0.4) is 0 Å². The maximum absolute atomic E-state index is 12.1. The van der Waals surface area contributed by atoms with Gasteiger partial charge in [-0.3, -0.25) is 4.79 Å². The van der Waals surface area contributed by atoms with Crippen LogP contribution >= 0.6 is 11.3 Å². The molecule has 1 unspecified atom stereocenters. The van der Waals surface area contributed by atoms with E-state index in [1.54, 1.807) is 5.51 Å². The van der Waals surface area contributed by atoms with Crippen molar-refractivity contribution in [2.24, 2.45) is 5.92 Å². The molecule has 0 radical (unpaired) electrons. The minimum Gasteiger partial charge on any atom is -0.337 e. The molecule has 1 saturated heterocycles. The first kappa shape index (κ1) is 12.6. The number of amides is 1. The molecule has 94 valence electrons. The highest BCUT2D eigenvalue weighted by Gasteiger charge is 2.21. The van der Waals surface area contributed by atoms with Crippen LogP contribution in [0.15, 0.2) is 10.9 Å². The molecular weight excluding hydrogens is 232 g/mol. The zero-order valence-electron chi connectivity index (χ0n) is 10.4. The Morgan fingerprint density at radius 3 is 3.12 bits per heavy atom. The van der Waals surface area contributed by atoms with Crippen LogP contribution < -0.4 is 0 Å². The van der Waals surface area contributed by atoms with Gasteiger partial charge in [0.1, 0.15) is 5.69 Å². The number of rotatable bonds is 3. The summed E-state index contributed by atoms with van der Waals surface area (Å²) >= 11 is 1.49. The van der Waals surface area contributed by atoms with Crippen LogP contribution in [-0.2, 0) is 0 Å². The number of aromatic nitrogens is 1. The van der Waals surface area contributed by atoms with E-state index in [-0.39, 0.29) is 5.91 Å². The Morgan fingerprint density at radius 1 is 1.53 bits per heavy atom. The molecule has 0 aliphatic carbocycles. The lowest BCUT2D eigenvalue weighted by atomic mass is 9.96. The summed E-state index contributed by atoms with van der Waals surface area (Å²) < 4.78 is 0. The number of carbonyl (C=O) groups excluding carboxylic acids is 1. The van der Waals surface area contributed by atoms with Crippen molar-refractivity contribution in [1.29, 1.82) is 0 Å². The average Bonchev–Trinajstić information content (AvgIpc) is 2.76. The van der Waals surface area contributed by atoms with E-state index in [0.29, 0.717) is 5.69 Å². The third-order valence-electron chi connectivity index (χ3n) is 3.48. The summed E-state index contributed by atoms with van der Waals surface area (Å²) in [6, 6.07) is 0. The molecule has 1 aromatic heterocycles. The highest BCUT2D eigenvalue weighted by atomic mass is 32.1. The molecule has 0 spiro atoms. The van der Waals surface area contributed by atoms with Crippen molar-refractivity contribution in [3.8, 4) is 0 Å². The van der Waals surface area contributed by atoms with Gasteiger partial charge in [0, 0.05) is 18.5 Å². The predicted molar refractivity (Wildman–Crippen MR) is 70.3 cm³/mol. The van der Waals surface area contributed by atoms with E-state index in [0.717, 1.165) is 31.8 Å². The van der Waals surface area contributed by atoms with Gasteiger partial charge in [-0.2, -0.15) is 0 Å². The van der Waals surface area contributed by atoms with E-state index in [1.165, 1.54) is 30.6 Å². The van der Waals surface area contributed by atoms with Gasteiger partial charge in [0.05, 0.1) is 5.51 Å². The molecular formula is C13H20N2OS. The van der Waals surface area contributed by atoms with E-state index in [1.807, 2.05) is 10.3 Å². The number of thiazole rings is 1. The smallest absolute Gasteiger partial charge is 0.273 e. The molecule has 2 heterocycles. The Labute approximate surface area is 107 Å². The molecule has 1 atom stereocenters. The fraction of sp³-hybridized carbons (Fsp3) is 0.692. The summed E-state index contributed by atoms with van der Waals surface area (Å²) in [7, 11) is 0. The van der Waals surface area contributed by atoms with Crippen molar-refractivity contribution in [2.75, 3.05) is 13.1 Å². The second-order valence-electron chi connectivity index (χ2n) is 4.75. The van der Waals surface area contributed by atoms with E-state index in [2.05, 4.69) is 11.9 Å². The lowest BCUT2D eigenvalue weighted by Gasteiger charge is -2.19. The van der Waals surface area contributed by atoms with Crippen molar-refractivity contribution < 1.29 is 4.79 Å². The third-order valence-corrected chi connectivity index (χ3v) is 4.07. The number of likely N-dealkylation sites (tertiary alicyclic amines) is 1. The number of hydrogen-bond acceptors (Lipinski definition) is 3. The lowest BCUT2D eigenvalue weighted by molar-refractivity contribution is 0.0755. The van der Waals surface area contributed by atoms with Gasteiger partial charge in [-0.05, 0) is 25.2 Å². The van der Waals surface area contributed by atoms with E-state index in [9.17, 15) is 4.79 Å². The maximum Gasteiger partial charge on any atom is 0.273 e. The molecule has 0 N–H and O–H groups in total. The highest BCUT2D eigenvalue weighted by molar-refractivity contribution is 7.07. The number of carbonyl (C=O) groups is 1. The van der Waals surface area contributed by atoms with Gasteiger partial charge in [0.25, 0.3) is 5.91 Å². The van der Waals surface area contributed by atoms with Crippen LogP contribution in [0, 0.1) is 5.92 Å². The summed E-state index contributed by atoms with van der Waals surface area (Å²) in [6.45, 7) is 4.04. The van der Waals surface area contributed by atoms with Crippen molar-refractivity contribution in [1.82, 2.24) is 9.88 Å². The van der Waals surface area contributed by atoms with Gasteiger partial charge >= 0.3 is 0 Å². The molecule has 1 aliphatic heterocycles. The highest BCUT2D eigenvalue weighted by Crippen LogP contribution is 2.22. The van der Waals surface area contributed by atoms with Crippen LogP contribution in [0.5, 0.6) is 0 Å². The zero-order valence-corrected chi connectivity index (χ0v) is 11.2. The number of hydrogen-bond donors (Lipinski definition) is 0. The van der Waals surface area contributed by atoms with Crippen LogP contribution in [-0.4, -0.2) is 28.9 Å². The first-order chi connectivity index (χ1) is 8.31. The van der Waals surface area contributed by atoms with Gasteiger partial charge in [0.2, 0.25) is 0 Å². The van der Waals surface area contributed by atoms with Crippen molar-refractivity contribution >= 4 is 17.2 Å². The van der Waals surface area contributed by atoms with Gasteiger partial charge in [-0.25, -0.2) is 4.98 Å². The minimum atomic E-state index is 0.114. The normalized spacial score (nSPS) is 21.2. The third kappa shape index (κ3) is 3.28. The first-order valence-corrected chi connectivity index (χ1v) is 7.43. The Balaban J connectivity index is 1.92. The summed E-state index contributed by atoms with van der Waals surface area (Å²) in [5.41, 5.74) is 2.34. The second kappa shape index (κ2) is 6.15. The molecule has 1 aliphatic rings. The molecule has 2 rings (SSSR count). The topological polar surface area (TPSA) is 33.2 Å². The molecule has 1 fully saturated rings. The average molecular weight is 252 g/mol. The summed E-state index contributed by atoms with van der Waals surface area (Å²) in [5, 5.41) is 1.84. The van der Waals surface area contributed by atoms with Crippen molar-refractivity contribution in [3.63, 3.8) is 0 Å². The lowest BCUT2D eigenvalue weighted by Crippen LogP contribution is -2.32. The summed E-state index contributed by atoms with van der Waals surface area (Å²) in [4.78, 5) is 18.2. The number of nitrogens with zero attached hydrogens (tertiary/aromatic N) is 2. The predicted octanol–water partition coefficient (Wildman–Crippen LogP) is 3.19. The summed E-state index contributed by atoms with van der Waals surface area (Å²) in [6.07, 6.45) is 6.13. The van der Waals surface area contributed by atoms with Gasteiger partial charge < -0.3 is 4.90 Å². The van der Waals surface area contributed by atoms with E-state index in [4.69, 9.17) is 0 Å². The van der Waals surface area contributed by atoms with Crippen LogP contribution in [0.25, 0.3) is 0 Å².